The van der Waals surface area contributed by atoms with E-state index in [1.165, 1.54) is 6.07 Å². The number of allylic oxidation sites excluding steroid dienone is 1. The van der Waals surface area contributed by atoms with Crippen LogP contribution in [0.1, 0.15) is 50.3 Å². The molecule has 0 spiro atoms. The lowest BCUT2D eigenvalue weighted by molar-refractivity contribution is -0.138. The highest BCUT2D eigenvalue weighted by Gasteiger charge is 2.59. The first-order valence-corrected chi connectivity index (χ1v) is 10.4. The molecular formula is C23H25F3N4O3. The molecule has 0 aliphatic carbocycles. The Morgan fingerprint density at radius 2 is 2.03 bits per heavy atom. The Hall–Kier alpha value is -3.21. The highest BCUT2D eigenvalue weighted by Crippen LogP contribution is 2.53. The van der Waals surface area contributed by atoms with Crippen molar-refractivity contribution in [2.75, 3.05) is 0 Å². The van der Waals surface area contributed by atoms with Gasteiger partial charge in [0.15, 0.2) is 6.23 Å². The smallest absolute Gasteiger partial charge is 0.416 e. The molecule has 33 heavy (non-hydrogen) atoms. The monoisotopic (exact) mass is 462 g/mol. The summed E-state index contributed by atoms with van der Waals surface area (Å²) in [7, 11) is 0. The highest BCUT2D eigenvalue weighted by molar-refractivity contribution is 5.67. The van der Waals surface area contributed by atoms with Gasteiger partial charge < -0.3 is 15.6 Å². The van der Waals surface area contributed by atoms with Crippen LogP contribution in [0.15, 0.2) is 29.7 Å². The van der Waals surface area contributed by atoms with Gasteiger partial charge in [0.25, 0.3) is 0 Å². The van der Waals surface area contributed by atoms with Crippen LogP contribution in [0.5, 0.6) is 0 Å². The normalized spacial score (nSPS) is 26.8. The Kier molecular flexibility index (Phi) is 6.64. The first-order chi connectivity index (χ1) is 15.4. The van der Waals surface area contributed by atoms with Crippen LogP contribution in [0.4, 0.5) is 13.2 Å². The van der Waals surface area contributed by atoms with Crippen LogP contribution in [0.3, 0.4) is 0 Å². The number of hydrazine groups is 1. The molecule has 4 atom stereocenters. The molecule has 1 aromatic carbocycles. The van der Waals surface area contributed by atoms with Gasteiger partial charge in [-0.15, -0.1) is 0 Å². The van der Waals surface area contributed by atoms with Gasteiger partial charge in [0.1, 0.15) is 11.6 Å². The molecule has 7 nitrogen and oxygen atoms in total. The van der Waals surface area contributed by atoms with Crippen LogP contribution in [-0.2, 0) is 21.1 Å². The van der Waals surface area contributed by atoms with Crippen LogP contribution in [0.2, 0.25) is 0 Å². The van der Waals surface area contributed by atoms with Crippen molar-refractivity contribution in [3.63, 3.8) is 0 Å². The third kappa shape index (κ3) is 4.37. The van der Waals surface area contributed by atoms with E-state index in [0.717, 1.165) is 12.1 Å². The van der Waals surface area contributed by atoms with Gasteiger partial charge in [-0.2, -0.15) is 18.4 Å². The Morgan fingerprint density at radius 3 is 2.61 bits per heavy atom. The number of carboxylic acids is 1. The van der Waals surface area contributed by atoms with Crippen molar-refractivity contribution in [2.45, 2.75) is 57.5 Å². The minimum Gasteiger partial charge on any atom is -0.481 e. The van der Waals surface area contributed by atoms with E-state index in [1.54, 1.807) is 0 Å². The van der Waals surface area contributed by atoms with Crippen molar-refractivity contribution < 1.29 is 27.8 Å². The molecule has 4 unspecified atom stereocenters. The lowest BCUT2D eigenvalue weighted by atomic mass is 9.56. The summed E-state index contributed by atoms with van der Waals surface area (Å²) >= 11 is 0. The fourth-order valence-electron chi connectivity index (χ4n) is 4.88. The zero-order valence-electron chi connectivity index (χ0n) is 18.4. The van der Waals surface area contributed by atoms with E-state index in [2.05, 4.69) is 28.8 Å². The number of halogens is 3. The Labute approximate surface area is 189 Å². The van der Waals surface area contributed by atoms with E-state index in [0.29, 0.717) is 0 Å². The van der Waals surface area contributed by atoms with Crippen LogP contribution < -0.4 is 16.6 Å². The van der Waals surface area contributed by atoms with Crippen molar-refractivity contribution in [3.05, 3.63) is 46.3 Å². The first kappa shape index (κ1) is 24.4. The number of nitrogens with one attached hydrogen (secondary N) is 2. The average molecular weight is 462 g/mol. The molecule has 0 amide bonds. The lowest BCUT2D eigenvalue weighted by Crippen LogP contribution is -2.55. The Balaban J connectivity index is 2.29. The second kappa shape index (κ2) is 8.97. The number of carbonyl (C=O) groups is 1. The molecule has 2 aliphatic heterocycles. The summed E-state index contributed by atoms with van der Waals surface area (Å²) in [6.45, 7) is 5.52. The van der Waals surface area contributed by atoms with Gasteiger partial charge in [0.2, 0.25) is 5.88 Å². The zero-order valence-corrected chi connectivity index (χ0v) is 18.4. The average Bonchev–Trinajstić information content (AvgIpc) is 3.09. The third-order valence-corrected chi connectivity index (χ3v) is 6.21. The molecule has 1 saturated heterocycles. The van der Waals surface area contributed by atoms with Crippen LogP contribution in [0.25, 0.3) is 0 Å². The molecule has 0 saturated carbocycles. The van der Waals surface area contributed by atoms with Gasteiger partial charge in [-0.25, -0.2) is 5.43 Å². The van der Waals surface area contributed by atoms with Crippen molar-refractivity contribution in [2.24, 2.45) is 17.6 Å². The quantitative estimate of drug-likeness (QED) is 0.508. The van der Waals surface area contributed by atoms with E-state index >= 15 is 0 Å². The molecule has 2 aliphatic rings. The van der Waals surface area contributed by atoms with Crippen molar-refractivity contribution in [1.29, 1.82) is 5.26 Å². The molecule has 3 rings (SSSR count). The maximum Gasteiger partial charge on any atom is 0.416 e. The topological polar surface area (TPSA) is 120 Å². The molecule has 10 heteroatoms. The number of carboxylic acid groups (broad SMARTS) is 1. The maximum absolute atomic E-state index is 13.9. The number of nitrogens with two attached hydrogens (primary N) is 1. The minimum atomic E-state index is -4.66. The summed E-state index contributed by atoms with van der Waals surface area (Å²) in [5, 5.41) is 18.8. The summed E-state index contributed by atoms with van der Waals surface area (Å²) in [6.07, 6.45) is -5.53. The van der Waals surface area contributed by atoms with Gasteiger partial charge in [0, 0.05) is 29.4 Å². The maximum atomic E-state index is 13.9. The molecule has 5 N–H and O–H groups in total. The standard InChI is InChI=1S/C23H25F3N4O3/c1-12(2)22(17(11-27)20(28)33-21-19(22)13(3)29-30-21)15-8-14(6-4-5-7-18(31)32)9-16(10-15)23(24,25)26/h8-10,12-13,19,21,29-30H,5,7,28H2,1-3H3,(H,31,32). The number of benzene rings is 1. The van der Waals surface area contributed by atoms with Crippen LogP contribution >= 0.6 is 0 Å². The minimum absolute atomic E-state index is 0.00402. The predicted octanol–water partition coefficient (Wildman–Crippen LogP) is 2.98. The number of alkyl halides is 3. The van der Waals surface area contributed by atoms with Crippen molar-refractivity contribution in [1.82, 2.24) is 10.9 Å². The third-order valence-electron chi connectivity index (χ3n) is 6.21. The number of aliphatic carboxylic acids is 1. The van der Waals surface area contributed by atoms with Gasteiger partial charge in [-0.05, 0) is 36.6 Å². The van der Waals surface area contributed by atoms with E-state index in [9.17, 15) is 23.2 Å². The number of nitrogens with zero attached hydrogens (tertiary/aromatic N) is 1. The summed E-state index contributed by atoms with van der Waals surface area (Å²) in [6, 6.07) is 5.33. The fraction of sp³-hybridized carbons (Fsp3) is 0.478. The molecule has 0 aromatic heterocycles. The summed E-state index contributed by atoms with van der Waals surface area (Å²) < 4.78 is 47.3. The van der Waals surface area contributed by atoms with Gasteiger partial charge in [-0.1, -0.05) is 25.7 Å². The Morgan fingerprint density at radius 1 is 1.33 bits per heavy atom. The molecule has 0 bridgehead atoms. The number of hydrogen-bond donors (Lipinski definition) is 4. The highest BCUT2D eigenvalue weighted by atomic mass is 19.4. The summed E-state index contributed by atoms with van der Waals surface area (Å²) in [5.74, 6) is 3.32. The molecule has 1 aromatic rings. The van der Waals surface area contributed by atoms with Gasteiger partial charge >= 0.3 is 12.1 Å². The number of fused-ring (bicyclic) bond motifs is 1. The van der Waals surface area contributed by atoms with Crippen LogP contribution in [0, 0.1) is 35.0 Å². The van der Waals surface area contributed by atoms with Crippen molar-refractivity contribution in [3.8, 4) is 17.9 Å². The molecule has 1 fully saturated rings. The number of nitriles is 1. The number of rotatable bonds is 4. The predicted molar refractivity (Wildman–Crippen MR) is 113 cm³/mol. The van der Waals surface area contributed by atoms with Crippen molar-refractivity contribution >= 4 is 5.97 Å². The second-order valence-electron chi connectivity index (χ2n) is 8.51. The first-order valence-electron chi connectivity index (χ1n) is 10.4. The summed E-state index contributed by atoms with van der Waals surface area (Å²) in [4.78, 5) is 10.7. The molecule has 2 heterocycles. The lowest BCUT2D eigenvalue weighted by Gasteiger charge is -2.48. The Bertz CT molecular complexity index is 1080. The molecule has 176 valence electrons. The number of hydrogen-bond acceptors (Lipinski definition) is 6. The van der Waals surface area contributed by atoms with Gasteiger partial charge in [-0.3, -0.25) is 10.2 Å². The largest absolute Gasteiger partial charge is 0.481 e. The second-order valence-corrected chi connectivity index (χ2v) is 8.51. The van der Waals surface area contributed by atoms with Crippen LogP contribution in [-0.4, -0.2) is 23.3 Å². The van der Waals surface area contributed by atoms with E-state index in [1.807, 2.05) is 20.8 Å². The van der Waals surface area contributed by atoms with Gasteiger partial charge in [0.05, 0.1) is 12.0 Å². The van der Waals surface area contributed by atoms with E-state index in [-0.39, 0.29) is 47.4 Å². The van der Waals surface area contributed by atoms with E-state index < -0.39 is 35.3 Å². The summed E-state index contributed by atoms with van der Waals surface area (Å²) in [5.41, 5.74) is 10.4. The van der Waals surface area contributed by atoms with E-state index in [4.69, 9.17) is 15.6 Å². The SMILES string of the molecule is CC1NNC2OC(N)=C(C#N)C(c3cc(C#CCCC(=O)O)cc(C(F)(F)F)c3)(C(C)C)C12. The molecular weight excluding hydrogens is 437 g/mol. The number of ether oxygens (including phenoxy) is 1. The zero-order chi connectivity index (χ0) is 24.6. The molecule has 0 radical (unpaired) electrons. The fourth-order valence-corrected chi connectivity index (χ4v) is 4.88.